The van der Waals surface area contributed by atoms with Crippen molar-refractivity contribution in [3.63, 3.8) is 0 Å². The minimum absolute atomic E-state index is 0.162. The summed E-state index contributed by atoms with van der Waals surface area (Å²) in [5.41, 5.74) is 1.26. The van der Waals surface area contributed by atoms with Crippen LogP contribution >= 0.6 is 0 Å². The summed E-state index contributed by atoms with van der Waals surface area (Å²) in [5.74, 6) is 0. The first-order valence-corrected chi connectivity index (χ1v) is 7.47. The topological polar surface area (TPSA) is 49.6 Å². The van der Waals surface area contributed by atoms with Crippen LogP contribution in [0.25, 0.3) is 0 Å². The summed E-state index contributed by atoms with van der Waals surface area (Å²) >= 11 is 0. The first-order valence-electron chi connectivity index (χ1n) is 7.47. The normalized spacial score (nSPS) is 19.2. The Morgan fingerprint density at radius 2 is 1.60 bits per heavy atom. The van der Waals surface area contributed by atoms with E-state index in [-0.39, 0.29) is 10.6 Å². The van der Waals surface area contributed by atoms with Crippen molar-refractivity contribution >= 4 is 11.4 Å². The highest BCUT2D eigenvalue weighted by Gasteiger charge is 2.31. The highest BCUT2D eigenvalue weighted by Crippen LogP contribution is 2.28. The van der Waals surface area contributed by atoms with E-state index in [2.05, 4.69) is 9.80 Å². The zero-order valence-electron chi connectivity index (χ0n) is 12.3. The van der Waals surface area contributed by atoms with Gasteiger partial charge in [-0.3, -0.25) is 15.0 Å². The molecule has 110 valence electrons. The average Bonchev–Trinajstić information content (AvgIpc) is 3.34. The smallest absolute Gasteiger partial charge is 0.269 e. The van der Waals surface area contributed by atoms with E-state index in [1.54, 1.807) is 12.1 Å². The van der Waals surface area contributed by atoms with Gasteiger partial charge in [-0.05, 0) is 25.0 Å². The second-order valence-corrected chi connectivity index (χ2v) is 5.03. The average molecular weight is 277 g/mol. The van der Waals surface area contributed by atoms with E-state index in [0.29, 0.717) is 0 Å². The molecule has 2 fully saturated rings. The molecule has 0 bridgehead atoms. The third-order valence-electron chi connectivity index (χ3n) is 3.80. The molecule has 0 unspecified atom stereocenters. The van der Waals surface area contributed by atoms with Crippen molar-refractivity contribution in [2.45, 2.75) is 32.7 Å². The predicted octanol–water partition coefficient (Wildman–Crippen LogP) is 2.91. The number of nitrogens with zero attached hydrogens (tertiary/aromatic N) is 3. The summed E-state index contributed by atoms with van der Waals surface area (Å²) < 4.78 is 0. The summed E-state index contributed by atoms with van der Waals surface area (Å²) in [4.78, 5) is 15.1. The van der Waals surface area contributed by atoms with E-state index in [1.807, 2.05) is 26.0 Å². The van der Waals surface area contributed by atoms with Gasteiger partial charge in [0.1, 0.15) is 0 Å². The molecule has 20 heavy (non-hydrogen) atoms. The molecule has 2 aliphatic rings. The van der Waals surface area contributed by atoms with E-state index in [4.69, 9.17) is 0 Å². The summed E-state index contributed by atoms with van der Waals surface area (Å²) in [6.07, 6.45) is 2.72. The van der Waals surface area contributed by atoms with Crippen LogP contribution in [0, 0.1) is 10.1 Å². The fraction of sp³-hybridized carbons (Fsp3) is 0.600. The van der Waals surface area contributed by atoms with Gasteiger partial charge in [-0.1, -0.05) is 13.8 Å². The zero-order chi connectivity index (χ0) is 14.5. The SMILES string of the molecule is CC.O=[N+]([O-])c1ccc(N2CCN(C3CC3)CC2)cc1. The molecule has 0 atom stereocenters. The van der Waals surface area contributed by atoms with Crippen LogP contribution in [0.2, 0.25) is 0 Å². The van der Waals surface area contributed by atoms with Crippen LogP contribution in [0.3, 0.4) is 0 Å². The Morgan fingerprint density at radius 3 is 2.05 bits per heavy atom. The Bertz CT molecular complexity index is 435. The Kier molecular flexibility index (Phi) is 4.95. The zero-order valence-corrected chi connectivity index (χ0v) is 12.3. The van der Waals surface area contributed by atoms with Gasteiger partial charge in [-0.15, -0.1) is 0 Å². The van der Waals surface area contributed by atoms with E-state index >= 15 is 0 Å². The molecule has 5 nitrogen and oxygen atoms in total. The van der Waals surface area contributed by atoms with Crippen LogP contribution in [-0.4, -0.2) is 42.0 Å². The fourth-order valence-corrected chi connectivity index (χ4v) is 2.57. The molecule has 0 N–H and O–H groups in total. The Balaban J connectivity index is 0.000000704. The molecule has 1 aliphatic heterocycles. The van der Waals surface area contributed by atoms with Crippen molar-refractivity contribution in [3.8, 4) is 0 Å². The van der Waals surface area contributed by atoms with Crippen LogP contribution in [0.15, 0.2) is 24.3 Å². The molecule has 1 saturated carbocycles. The molecule has 1 aromatic carbocycles. The molecule has 1 heterocycles. The quantitative estimate of drug-likeness (QED) is 0.629. The van der Waals surface area contributed by atoms with E-state index in [0.717, 1.165) is 37.9 Å². The van der Waals surface area contributed by atoms with Crippen molar-refractivity contribution in [2.24, 2.45) is 0 Å². The van der Waals surface area contributed by atoms with Crippen LogP contribution in [0.4, 0.5) is 11.4 Å². The summed E-state index contributed by atoms with van der Waals surface area (Å²) in [6.45, 7) is 8.27. The molecule has 1 aliphatic carbocycles. The largest absolute Gasteiger partial charge is 0.369 e. The molecule has 3 rings (SSSR count). The number of nitro benzene ring substituents is 1. The Morgan fingerprint density at radius 1 is 1.05 bits per heavy atom. The van der Waals surface area contributed by atoms with Gasteiger partial charge in [0.15, 0.2) is 0 Å². The van der Waals surface area contributed by atoms with Gasteiger partial charge >= 0.3 is 0 Å². The number of anilines is 1. The van der Waals surface area contributed by atoms with Gasteiger partial charge in [0.2, 0.25) is 0 Å². The van der Waals surface area contributed by atoms with Crippen molar-refractivity contribution in [3.05, 3.63) is 34.4 Å². The van der Waals surface area contributed by atoms with Gasteiger partial charge in [0.05, 0.1) is 4.92 Å². The van der Waals surface area contributed by atoms with Crippen LogP contribution < -0.4 is 4.90 Å². The number of hydrogen-bond acceptors (Lipinski definition) is 4. The Hall–Kier alpha value is -1.62. The molecule has 1 aromatic rings. The van der Waals surface area contributed by atoms with Crippen molar-refractivity contribution in [1.29, 1.82) is 0 Å². The van der Waals surface area contributed by atoms with Gasteiger partial charge in [0, 0.05) is 50.0 Å². The van der Waals surface area contributed by atoms with Crippen LogP contribution in [-0.2, 0) is 0 Å². The number of piperazine rings is 1. The first kappa shape index (κ1) is 14.8. The summed E-state index contributed by atoms with van der Waals surface area (Å²) in [7, 11) is 0. The van der Waals surface area contributed by atoms with Gasteiger partial charge in [0.25, 0.3) is 5.69 Å². The molecule has 0 spiro atoms. The minimum atomic E-state index is -0.352. The maximum atomic E-state index is 10.6. The highest BCUT2D eigenvalue weighted by atomic mass is 16.6. The lowest BCUT2D eigenvalue weighted by atomic mass is 10.2. The Labute approximate surface area is 120 Å². The molecular weight excluding hydrogens is 254 g/mol. The second kappa shape index (κ2) is 6.70. The maximum absolute atomic E-state index is 10.6. The third kappa shape index (κ3) is 3.48. The standard InChI is InChI=1S/C13H17N3O2.C2H6/c17-16(18)13-5-3-12(4-6-13)15-9-7-14(8-10-15)11-1-2-11;1-2/h3-6,11H,1-2,7-10H2;1-2H3. The number of benzene rings is 1. The van der Waals surface area contributed by atoms with Crippen LogP contribution in [0.1, 0.15) is 26.7 Å². The monoisotopic (exact) mass is 277 g/mol. The van der Waals surface area contributed by atoms with Gasteiger partial charge < -0.3 is 4.90 Å². The van der Waals surface area contributed by atoms with E-state index in [9.17, 15) is 10.1 Å². The predicted molar refractivity (Wildman–Crippen MR) is 81.3 cm³/mol. The van der Waals surface area contributed by atoms with Crippen molar-refractivity contribution in [1.82, 2.24) is 4.90 Å². The van der Waals surface area contributed by atoms with Crippen molar-refractivity contribution in [2.75, 3.05) is 31.1 Å². The maximum Gasteiger partial charge on any atom is 0.269 e. The highest BCUT2D eigenvalue weighted by molar-refractivity contribution is 5.51. The van der Waals surface area contributed by atoms with Crippen molar-refractivity contribution < 1.29 is 4.92 Å². The molecule has 0 amide bonds. The molecule has 5 heteroatoms. The van der Waals surface area contributed by atoms with Crippen LogP contribution in [0.5, 0.6) is 0 Å². The molecule has 0 aromatic heterocycles. The lowest BCUT2D eigenvalue weighted by Gasteiger charge is -2.36. The summed E-state index contributed by atoms with van der Waals surface area (Å²) in [5, 5.41) is 10.6. The summed E-state index contributed by atoms with van der Waals surface area (Å²) in [6, 6.07) is 7.71. The minimum Gasteiger partial charge on any atom is -0.369 e. The third-order valence-corrected chi connectivity index (χ3v) is 3.80. The number of nitro groups is 1. The number of rotatable bonds is 3. The van der Waals surface area contributed by atoms with E-state index in [1.165, 1.54) is 12.8 Å². The number of non-ortho nitro benzene ring substituents is 1. The van der Waals surface area contributed by atoms with Gasteiger partial charge in [-0.25, -0.2) is 0 Å². The molecule has 1 saturated heterocycles. The van der Waals surface area contributed by atoms with E-state index < -0.39 is 0 Å². The lowest BCUT2D eigenvalue weighted by molar-refractivity contribution is -0.384. The lowest BCUT2D eigenvalue weighted by Crippen LogP contribution is -2.47. The fourth-order valence-electron chi connectivity index (χ4n) is 2.57. The molecule has 0 radical (unpaired) electrons. The second-order valence-electron chi connectivity index (χ2n) is 5.03. The first-order chi connectivity index (χ1) is 9.74. The number of hydrogen-bond donors (Lipinski definition) is 0. The molecular formula is C15H23N3O2. The van der Waals surface area contributed by atoms with Gasteiger partial charge in [-0.2, -0.15) is 0 Å².